The molecular formula is C18H16ClFN2O5S. The fourth-order valence-corrected chi connectivity index (χ4v) is 5.04. The molecule has 3 rings (SSSR count). The van der Waals surface area contributed by atoms with Crippen LogP contribution in [0.15, 0.2) is 42.5 Å². The summed E-state index contributed by atoms with van der Waals surface area (Å²) in [5.74, 6) is -1.20. The van der Waals surface area contributed by atoms with Crippen LogP contribution in [0, 0.1) is 15.9 Å². The number of nitrogens with zero attached hydrogens (tertiary/aromatic N) is 2. The van der Waals surface area contributed by atoms with E-state index in [0.29, 0.717) is 5.56 Å². The average Bonchev–Trinajstić information content (AvgIpc) is 3.00. The monoisotopic (exact) mass is 426 g/mol. The smallest absolute Gasteiger partial charge is 0.288 e. The Balaban J connectivity index is 1.96. The molecule has 1 fully saturated rings. The number of rotatable bonds is 5. The maximum atomic E-state index is 13.2. The molecule has 148 valence electrons. The van der Waals surface area contributed by atoms with Crippen molar-refractivity contribution in [3.05, 3.63) is 74.5 Å². The van der Waals surface area contributed by atoms with Crippen molar-refractivity contribution in [1.82, 2.24) is 4.90 Å². The highest BCUT2D eigenvalue weighted by Crippen LogP contribution is 2.28. The summed E-state index contributed by atoms with van der Waals surface area (Å²) < 4.78 is 37.0. The van der Waals surface area contributed by atoms with E-state index in [-0.39, 0.29) is 35.1 Å². The van der Waals surface area contributed by atoms with Gasteiger partial charge in [-0.3, -0.25) is 14.9 Å². The molecule has 1 saturated heterocycles. The number of nitro benzene ring substituents is 1. The summed E-state index contributed by atoms with van der Waals surface area (Å²) in [6, 6.07) is 8.62. The molecule has 0 spiro atoms. The molecule has 2 aromatic rings. The van der Waals surface area contributed by atoms with Gasteiger partial charge in [-0.05, 0) is 36.2 Å². The molecule has 0 radical (unpaired) electrons. The van der Waals surface area contributed by atoms with Gasteiger partial charge in [0.2, 0.25) is 0 Å². The molecule has 28 heavy (non-hydrogen) atoms. The van der Waals surface area contributed by atoms with Gasteiger partial charge < -0.3 is 4.90 Å². The first-order valence-corrected chi connectivity index (χ1v) is 10.6. The summed E-state index contributed by atoms with van der Waals surface area (Å²) in [5.41, 5.74) is 0.235. The molecule has 1 aliphatic heterocycles. The maximum absolute atomic E-state index is 13.2. The van der Waals surface area contributed by atoms with Crippen molar-refractivity contribution in [2.45, 2.75) is 19.0 Å². The molecular weight excluding hydrogens is 411 g/mol. The molecule has 1 atom stereocenters. The summed E-state index contributed by atoms with van der Waals surface area (Å²) in [6.07, 6.45) is 0.269. The lowest BCUT2D eigenvalue weighted by molar-refractivity contribution is -0.384. The van der Waals surface area contributed by atoms with Crippen LogP contribution in [0.4, 0.5) is 10.1 Å². The molecule has 1 heterocycles. The molecule has 1 amide bonds. The fraction of sp³-hybridized carbons (Fsp3) is 0.278. The minimum Gasteiger partial charge on any atom is -0.330 e. The second-order valence-electron chi connectivity index (χ2n) is 6.54. The minimum absolute atomic E-state index is 0.0301. The van der Waals surface area contributed by atoms with Gasteiger partial charge in [0.1, 0.15) is 10.8 Å². The van der Waals surface area contributed by atoms with E-state index in [1.165, 1.54) is 41.3 Å². The SMILES string of the molecule is O=C(c1ccc(Cl)c([N+](=O)[O-])c1)N(Cc1ccc(F)cc1)[C@H]1CCS(=O)(=O)C1. The Morgan fingerprint density at radius 1 is 1.25 bits per heavy atom. The number of halogens is 2. The van der Waals surface area contributed by atoms with Crippen LogP contribution in [0.3, 0.4) is 0 Å². The zero-order chi connectivity index (χ0) is 20.5. The van der Waals surface area contributed by atoms with Gasteiger partial charge in [-0.1, -0.05) is 23.7 Å². The van der Waals surface area contributed by atoms with Gasteiger partial charge in [0, 0.05) is 24.2 Å². The molecule has 1 aliphatic rings. The Morgan fingerprint density at radius 2 is 1.93 bits per heavy atom. The van der Waals surface area contributed by atoms with Crippen LogP contribution in [0.25, 0.3) is 0 Å². The highest BCUT2D eigenvalue weighted by molar-refractivity contribution is 7.91. The third-order valence-electron chi connectivity index (χ3n) is 4.57. The van der Waals surface area contributed by atoms with Crippen LogP contribution in [0.1, 0.15) is 22.3 Å². The molecule has 0 aliphatic carbocycles. The van der Waals surface area contributed by atoms with E-state index in [1.54, 1.807) is 0 Å². The first-order chi connectivity index (χ1) is 13.2. The first kappa shape index (κ1) is 20.2. The molecule has 0 aromatic heterocycles. The fourth-order valence-electron chi connectivity index (χ4n) is 3.13. The van der Waals surface area contributed by atoms with Crippen LogP contribution in [-0.4, -0.2) is 41.7 Å². The highest BCUT2D eigenvalue weighted by atomic mass is 35.5. The van der Waals surface area contributed by atoms with E-state index in [0.717, 1.165) is 6.07 Å². The Hall–Kier alpha value is -2.52. The third-order valence-corrected chi connectivity index (χ3v) is 6.64. The van der Waals surface area contributed by atoms with Crippen molar-refractivity contribution in [2.75, 3.05) is 11.5 Å². The van der Waals surface area contributed by atoms with E-state index in [9.17, 15) is 27.7 Å². The van der Waals surface area contributed by atoms with Gasteiger partial charge in [0.15, 0.2) is 9.84 Å². The predicted octanol–water partition coefficient (Wildman–Crippen LogP) is 3.22. The lowest BCUT2D eigenvalue weighted by Crippen LogP contribution is -2.40. The Morgan fingerprint density at radius 3 is 2.50 bits per heavy atom. The molecule has 10 heteroatoms. The molecule has 0 saturated carbocycles. The minimum atomic E-state index is -3.27. The quantitative estimate of drug-likeness (QED) is 0.540. The number of carbonyl (C=O) groups excluding carboxylic acids is 1. The third kappa shape index (κ3) is 4.48. The number of nitro groups is 1. The van der Waals surface area contributed by atoms with Crippen LogP contribution in [-0.2, 0) is 16.4 Å². The number of sulfone groups is 1. The summed E-state index contributed by atoms with van der Waals surface area (Å²) in [6.45, 7) is 0.0513. The van der Waals surface area contributed by atoms with Crippen molar-refractivity contribution in [3.63, 3.8) is 0 Å². The number of amides is 1. The number of hydrogen-bond donors (Lipinski definition) is 0. The van der Waals surface area contributed by atoms with Crippen molar-refractivity contribution in [1.29, 1.82) is 0 Å². The topological polar surface area (TPSA) is 97.6 Å². The average molecular weight is 427 g/mol. The normalized spacial score (nSPS) is 18.0. The Kier molecular flexibility index (Phi) is 5.66. The molecule has 0 N–H and O–H groups in total. The van der Waals surface area contributed by atoms with Gasteiger partial charge in [-0.25, -0.2) is 12.8 Å². The number of benzene rings is 2. The van der Waals surface area contributed by atoms with Crippen molar-refractivity contribution in [2.24, 2.45) is 0 Å². The van der Waals surface area contributed by atoms with Crippen LogP contribution in [0.5, 0.6) is 0 Å². The lowest BCUT2D eigenvalue weighted by atomic mass is 10.1. The maximum Gasteiger partial charge on any atom is 0.288 e. The van der Waals surface area contributed by atoms with Crippen molar-refractivity contribution < 1.29 is 22.5 Å². The second kappa shape index (κ2) is 7.84. The zero-order valence-corrected chi connectivity index (χ0v) is 16.1. The molecule has 0 bridgehead atoms. The van der Waals surface area contributed by atoms with Crippen molar-refractivity contribution >= 4 is 33.0 Å². The standard InChI is InChI=1S/C18H16ClFN2O5S/c19-16-6-3-13(9-17(16)22(24)25)18(23)21(15-7-8-28(26,27)11-15)10-12-1-4-14(20)5-2-12/h1-6,9,15H,7-8,10-11H2/t15-/m0/s1. The lowest BCUT2D eigenvalue weighted by Gasteiger charge is -2.28. The molecule has 7 nitrogen and oxygen atoms in total. The first-order valence-electron chi connectivity index (χ1n) is 8.36. The van der Waals surface area contributed by atoms with Crippen LogP contribution in [0.2, 0.25) is 5.02 Å². The molecule has 0 unspecified atom stereocenters. The van der Waals surface area contributed by atoms with Gasteiger partial charge >= 0.3 is 0 Å². The second-order valence-corrected chi connectivity index (χ2v) is 9.18. The van der Waals surface area contributed by atoms with Crippen LogP contribution >= 0.6 is 11.6 Å². The van der Waals surface area contributed by atoms with Gasteiger partial charge in [-0.15, -0.1) is 0 Å². The van der Waals surface area contributed by atoms with Gasteiger partial charge in [0.25, 0.3) is 11.6 Å². The van der Waals surface area contributed by atoms with E-state index >= 15 is 0 Å². The van der Waals surface area contributed by atoms with Crippen LogP contribution < -0.4 is 0 Å². The summed E-state index contributed by atoms with van der Waals surface area (Å²) in [4.78, 5) is 24.9. The number of hydrogen-bond acceptors (Lipinski definition) is 5. The highest BCUT2D eigenvalue weighted by Gasteiger charge is 2.35. The van der Waals surface area contributed by atoms with E-state index in [4.69, 9.17) is 11.6 Å². The molecule has 2 aromatic carbocycles. The predicted molar refractivity (Wildman–Crippen MR) is 101 cm³/mol. The van der Waals surface area contributed by atoms with E-state index < -0.39 is 38.2 Å². The van der Waals surface area contributed by atoms with E-state index in [2.05, 4.69) is 0 Å². The summed E-state index contributed by atoms with van der Waals surface area (Å²) in [7, 11) is -3.27. The number of carbonyl (C=O) groups is 1. The Bertz CT molecular complexity index is 1030. The van der Waals surface area contributed by atoms with Crippen molar-refractivity contribution in [3.8, 4) is 0 Å². The van der Waals surface area contributed by atoms with Gasteiger partial charge in [-0.2, -0.15) is 0 Å². The van der Waals surface area contributed by atoms with E-state index in [1.807, 2.05) is 0 Å². The summed E-state index contributed by atoms with van der Waals surface area (Å²) in [5, 5.41) is 11.0. The largest absolute Gasteiger partial charge is 0.330 e. The van der Waals surface area contributed by atoms with Gasteiger partial charge in [0.05, 0.1) is 16.4 Å². The zero-order valence-electron chi connectivity index (χ0n) is 14.5. The Labute approximate surface area is 165 Å². The summed E-state index contributed by atoms with van der Waals surface area (Å²) >= 11 is 5.80.